The molecule has 0 unspecified atom stereocenters. The fourth-order valence-electron chi connectivity index (χ4n) is 1.82. The third-order valence-electron chi connectivity index (χ3n) is 2.87. The SMILES string of the molecule is CCOC(=O)c1ccc(C(C)(C)C)nc1C(C)(C)C. The average Bonchev–Trinajstić information content (AvgIpc) is 2.26. The van der Waals surface area contributed by atoms with Gasteiger partial charge in [0.15, 0.2) is 0 Å². The minimum Gasteiger partial charge on any atom is -0.462 e. The van der Waals surface area contributed by atoms with Gasteiger partial charge in [-0.25, -0.2) is 4.79 Å². The minimum atomic E-state index is -0.291. The van der Waals surface area contributed by atoms with Crippen molar-refractivity contribution >= 4 is 5.97 Å². The number of nitrogens with zero attached hydrogens (tertiary/aromatic N) is 1. The third kappa shape index (κ3) is 3.79. The van der Waals surface area contributed by atoms with Crippen molar-refractivity contribution in [3.05, 3.63) is 29.1 Å². The van der Waals surface area contributed by atoms with E-state index in [9.17, 15) is 4.79 Å². The quantitative estimate of drug-likeness (QED) is 0.761. The van der Waals surface area contributed by atoms with Gasteiger partial charge in [-0.05, 0) is 19.1 Å². The van der Waals surface area contributed by atoms with Crippen LogP contribution in [0.1, 0.15) is 70.2 Å². The van der Waals surface area contributed by atoms with Crippen molar-refractivity contribution in [2.75, 3.05) is 6.61 Å². The summed E-state index contributed by atoms with van der Waals surface area (Å²) in [6.07, 6.45) is 0. The fraction of sp³-hybridized carbons (Fsp3) is 0.625. The lowest BCUT2D eigenvalue weighted by molar-refractivity contribution is 0.0522. The Morgan fingerprint density at radius 3 is 2.11 bits per heavy atom. The number of aromatic nitrogens is 1. The van der Waals surface area contributed by atoms with Crippen LogP contribution in [0.15, 0.2) is 12.1 Å². The molecule has 1 heterocycles. The second-order valence-corrected chi connectivity index (χ2v) is 6.81. The first-order valence-electron chi connectivity index (χ1n) is 6.76. The maximum absolute atomic E-state index is 12.0. The number of hydrogen-bond donors (Lipinski definition) is 0. The predicted molar refractivity (Wildman–Crippen MR) is 77.6 cm³/mol. The highest BCUT2D eigenvalue weighted by atomic mass is 16.5. The van der Waals surface area contributed by atoms with Gasteiger partial charge in [0.05, 0.1) is 17.9 Å². The molecule has 3 heteroatoms. The van der Waals surface area contributed by atoms with E-state index in [1.165, 1.54) is 0 Å². The van der Waals surface area contributed by atoms with Crippen molar-refractivity contribution in [1.29, 1.82) is 0 Å². The third-order valence-corrected chi connectivity index (χ3v) is 2.87. The summed E-state index contributed by atoms with van der Waals surface area (Å²) in [4.78, 5) is 16.7. The zero-order valence-corrected chi connectivity index (χ0v) is 13.1. The molecule has 106 valence electrons. The van der Waals surface area contributed by atoms with Gasteiger partial charge in [-0.1, -0.05) is 41.5 Å². The van der Waals surface area contributed by atoms with Crippen molar-refractivity contribution < 1.29 is 9.53 Å². The van der Waals surface area contributed by atoms with E-state index in [4.69, 9.17) is 9.72 Å². The Kier molecular flexibility index (Phi) is 4.39. The van der Waals surface area contributed by atoms with Crippen LogP contribution in [0.4, 0.5) is 0 Å². The van der Waals surface area contributed by atoms with E-state index in [1.807, 2.05) is 19.1 Å². The largest absolute Gasteiger partial charge is 0.462 e. The lowest BCUT2D eigenvalue weighted by atomic mass is 9.85. The Hall–Kier alpha value is -1.38. The van der Waals surface area contributed by atoms with Gasteiger partial charge in [-0.15, -0.1) is 0 Å². The molecule has 0 fully saturated rings. The topological polar surface area (TPSA) is 39.2 Å². The van der Waals surface area contributed by atoms with Crippen LogP contribution in [0.3, 0.4) is 0 Å². The van der Waals surface area contributed by atoms with Crippen molar-refractivity contribution in [1.82, 2.24) is 4.98 Å². The molecule has 0 amide bonds. The molecular weight excluding hydrogens is 238 g/mol. The predicted octanol–water partition coefficient (Wildman–Crippen LogP) is 3.85. The molecule has 1 aromatic rings. The zero-order valence-electron chi connectivity index (χ0n) is 13.1. The summed E-state index contributed by atoms with van der Waals surface area (Å²) in [5.41, 5.74) is 2.14. The normalized spacial score (nSPS) is 12.4. The molecule has 0 bridgehead atoms. The Labute approximate surface area is 116 Å². The van der Waals surface area contributed by atoms with Crippen molar-refractivity contribution in [3.8, 4) is 0 Å². The second-order valence-electron chi connectivity index (χ2n) is 6.81. The van der Waals surface area contributed by atoms with E-state index in [-0.39, 0.29) is 16.8 Å². The van der Waals surface area contributed by atoms with E-state index in [0.717, 1.165) is 11.4 Å². The van der Waals surface area contributed by atoms with E-state index in [2.05, 4.69) is 41.5 Å². The molecule has 0 atom stereocenters. The lowest BCUT2D eigenvalue weighted by Crippen LogP contribution is -2.24. The molecule has 0 N–H and O–H groups in total. The van der Waals surface area contributed by atoms with Crippen molar-refractivity contribution in [2.24, 2.45) is 0 Å². The molecule has 1 rings (SSSR count). The van der Waals surface area contributed by atoms with Gasteiger partial charge in [-0.2, -0.15) is 0 Å². The van der Waals surface area contributed by atoms with Crippen LogP contribution in [0, 0.1) is 0 Å². The fourth-order valence-corrected chi connectivity index (χ4v) is 1.82. The van der Waals surface area contributed by atoms with Crippen LogP contribution in [-0.2, 0) is 15.6 Å². The number of esters is 1. The van der Waals surface area contributed by atoms with Crippen LogP contribution in [0.25, 0.3) is 0 Å². The summed E-state index contributed by atoms with van der Waals surface area (Å²) in [5.74, 6) is -0.291. The average molecular weight is 263 g/mol. The van der Waals surface area contributed by atoms with Gasteiger partial charge in [0, 0.05) is 16.5 Å². The first kappa shape index (κ1) is 15.7. The van der Waals surface area contributed by atoms with E-state index in [0.29, 0.717) is 12.2 Å². The van der Waals surface area contributed by atoms with Gasteiger partial charge >= 0.3 is 5.97 Å². The van der Waals surface area contributed by atoms with E-state index in [1.54, 1.807) is 0 Å². The standard InChI is InChI=1S/C16H25NO2/c1-8-19-14(18)11-9-10-12(15(2,3)4)17-13(11)16(5,6)7/h9-10H,8H2,1-7H3. The minimum absolute atomic E-state index is 0.0345. The molecule has 0 saturated carbocycles. The van der Waals surface area contributed by atoms with Crippen molar-refractivity contribution in [3.63, 3.8) is 0 Å². The summed E-state index contributed by atoms with van der Waals surface area (Å²) < 4.78 is 5.11. The maximum Gasteiger partial charge on any atom is 0.339 e. The Morgan fingerprint density at radius 2 is 1.68 bits per heavy atom. The highest BCUT2D eigenvalue weighted by molar-refractivity contribution is 5.91. The molecule has 0 saturated heterocycles. The van der Waals surface area contributed by atoms with Crippen molar-refractivity contribution in [2.45, 2.75) is 59.3 Å². The summed E-state index contributed by atoms with van der Waals surface area (Å²) in [7, 11) is 0. The lowest BCUT2D eigenvalue weighted by Gasteiger charge is -2.25. The Morgan fingerprint density at radius 1 is 1.11 bits per heavy atom. The molecule has 0 radical (unpaired) electrons. The Bertz CT molecular complexity index is 465. The highest BCUT2D eigenvalue weighted by Crippen LogP contribution is 2.28. The Balaban J connectivity index is 3.38. The van der Waals surface area contributed by atoms with Gasteiger partial charge < -0.3 is 4.74 Å². The molecule has 0 aliphatic carbocycles. The summed E-state index contributed by atoms with van der Waals surface area (Å²) >= 11 is 0. The zero-order chi connectivity index (χ0) is 14.8. The van der Waals surface area contributed by atoms with Gasteiger partial charge in [0.2, 0.25) is 0 Å². The second kappa shape index (κ2) is 5.32. The first-order valence-corrected chi connectivity index (χ1v) is 6.76. The smallest absolute Gasteiger partial charge is 0.339 e. The molecule has 0 aliphatic heterocycles. The molecule has 3 nitrogen and oxygen atoms in total. The number of pyridine rings is 1. The van der Waals surface area contributed by atoms with E-state index < -0.39 is 0 Å². The first-order chi connectivity index (χ1) is 8.57. The number of hydrogen-bond acceptors (Lipinski definition) is 3. The van der Waals surface area contributed by atoms with Crippen LogP contribution >= 0.6 is 0 Å². The number of ether oxygens (including phenoxy) is 1. The van der Waals surface area contributed by atoms with Crippen LogP contribution < -0.4 is 0 Å². The monoisotopic (exact) mass is 263 g/mol. The van der Waals surface area contributed by atoms with Crippen LogP contribution in [-0.4, -0.2) is 17.6 Å². The molecule has 0 aromatic carbocycles. The molecule has 0 spiro atoms. The maximum atomic E-state index is 12.0. The molecule has 1 aromatic heterocycles. The van der Waals surface area contributed by atoms with Gasteiger partial charge in [-0.3, -0.25) is 4.98 Å². The summed E-state index contributed by atoms with van der Waals surface area (Å²) in [5, 5.41) is 0. The van der Waals surface area contributed by atoms with Gasteiger partial charge in [0.25, 0.3) is 0 Å². The molecule has 19 heavy (non-hydrogen) atoms. The summed E-state index contributed by atoms with van der Waals surface area (Å²) in [6.45, 7) is 14.7. The van der Waals surface area contributed by atoms with Crippen LogP contribution in [0.2, 0.25) is 0 Å². The summed E-state index contributed by atoms with van der Waals surface area (Å²) in [6, 6.07) is 3.76. The molecular formula is C16H25NO2. The van der Waals surface area contributed by atoms with E-state index >= 15 is 0 Å². The van der Waals surface area contributed by atoms with Gasteiger partial charge in [0.1, 0.15) is 0 Å². The highest BCUT2D eigenvalue weighted by Gasteiger charge is 2.27. The molecule has 0 aliphatic rings. The van der Waals surface area contributed by atoms with Crippen LogP contribution in [0.5, 0.6) is 0 Å². The number of carbonyl (C=O) groups is 1. The number of rotatable bonds is 2. The number of carbonyl (C=O) groups excluding carboxylic acids is 1.